The van der Waals surface area contributed by atoms with E-state index in [1.807, 2.05) is 0 Å². The highest BCUT2D eigenvalue weighted by Crippen LogP contribution is 2.27. The maximum absolute atomic E-state index is 5.98. The molecule has 0 saturated heterocycles. The Morgan fingerprint density at radius 2 is 1.82 bits per heavy atom. The third-order valence-corrected chi connectivity index (χ3v) is 3.37. The summed E-state index contributed by atoms with van der Waals surface area (Å²) in [5.41, 5.74) is 3.68. The molecule has 0 radical (unpaired) electrons. The minimum Gasteiger partial charge on any atom is -0.490 e. The van der Waals surface area contributed by atoms with Crippen LogP contribution in [0.15, 0.2) is 12.1 Å². The fraction of sp³-hybridized carbons (Fsp3) is 0.571. The Balaban J connectivity index is 2.77. The summed E-state index contributed by atoms with van der Waals surface area (Å²) < 4.78 is 11.0. The van der Waals surface area contributed by atoms with Gasteiger partial charge in [-0.05, 0) is 37.5 Å². The van der Waals surface area contributed by atoms with Crippen LogP contribution in [0.2, 0.25) is 0 Å². The summed E-state index contributed by atoms with van der Waals surface area (Å²) in [4.78, 5) is 0. The second kappa shape index (κ2) is 7.02. The van der Waals surface area contributed by atoms with E-state index in [0.717, 1.165) is 24.1 Å². The Bertz CT molecular complexity index is 340. The molecule has 0 fully saturated rings. The first-order valence-corrected chi connectivity index (χ1v) is 7.02. The van der Waals surface area contributed by atoms with Crippen LogP contribution in [0.4, 0.5) is 0 Å². The van der Waals surface area contributed by atoms with E-state index in [9.17, 15) is 0 Å². The number of rotatable bonds is 6. The van der Waals surface area contributed by atoms with E-state index in [0.29, 0.717) is 0 Å². The molecule has 0 N–H and O–H groups in total. The van der Waals surface area contributed by atoms with Crippen LogP contribution in [0.1, 0.15) is 30.0 Å². The van der Waals surface area contributed by atoms with E-state index in [1.165, 1.54) is 16.7 Å². The van der Waals surface area contributed by atoms with Crippen molar-refractivity contribution >= 4 is 15.9 Å². The Morgan fingerprint density at radius 1 is 1.24 bits per heavy atom. The molecule has 2 nitrogen and oxygen atoms in total. The minimum absolute atomic E-state index is 0.183. The quantitative estimate of drug-likeness (QED) is 0.739. The van der Waals surface area contributed by atoms with Gasteiger partial charge in [0.2, 0.25) is 0 Å². The fourth-order valence-corrected chi connectivity index (χ4v) is 2.17. The first-order valence-electron chi connectivity index (χ1n) is 5.90. The molecule has 0 spiro atoms. The molecule has 3 heteroatoms. The van der Waals surface area contributed by atoms with Crippen molar-refractivity contribution in [2.45, 2.75) is 38.6 Å². The smallest absolute Gasteiger partial charge is 0.125 e. The van der Waals surface area contributed by atoms with Gasteiger partial charge in [0.25, 0.3) is 0 Å². The second-order valence-electron chi connectivity index (χ2n) is 4.40. The summed E-state index contributed by atoms with van der Waals surface area (Å²) in [5.74, 6) is 1.01. The summed E-state index contributed by atoms with van der Waals surface area (Å²) in [6.07, 6.45) is 1.09. The molecule has 0 heterocycles. The number of hydrogen-bond donors (Lipinski definition) is 0. The number of hydrogen-bond acceptors (Lipinski definition) is 2. The number of halogens is 1. The number of ether oxygens (including phenoxy) is 2. The summed E-state index contributed by atoms with van der Waals surface area (Å²) in [7, 11) is 1.72. The normalized spacial score (nSPS) is 12.5. The molecular formula is C14H21BrO2. The lowest BCUT2D eigenvalue weighted by Crippen LogP contribution is -2.15. The Labute approximate surface area is 112 Å². The van der Waals surface area contributed by atoms with Crippen LogP contribution in [0, 0.1) is 13.8 Å². The summed E-state index contributed by atoms with van der Waals surface area (Å²) in [6, 6.07) is 4.33. The molecule has 0 bridgehead atoms. The van der Waals surface area contributed by atoms with Gasteiger partial charge in [-0.3, -0.25) is 0 Å². The van der Waals surface area contributed by atoms with E-state index >= 15 is 0 Å². The molecule has 0 saturated carbocycles. The number of methoxy groups -OCH3 is 1. The predicted octanol–water partition coefficient (Wildman–Crippen LogP) is 4.00. The van der Waals surface area contributed by atoms with Crippen LogP contribution in [0.25, 0.3) is 0 Å². The van der Waals surface area contributed by atoms with Gasteiger partial charge in [-0.1, -0.05) is 28.1 Å². The van der Waals surface area contributed by atoms with Crippen molar-refractivity contribution < 1.29 is 9.47 Å². The van der Waals surface area contributed by atoms with Crippen LogP contribution in [-0.4, -0.2) is 19.8 Å². The van der Waals surface area contributed by atoms with E-state index in [2.05, 4.69) is 48.8 Å². The van der Waals surface area contributed by atoms with Gasteiger partial charge in [0.15, 0.2) is 0 Å². The highest BCUT2D eigenvalue weighted by molar-refractivity contribution is 9.08. The third kappa shape index (κ3) is 4.32. The molecule has 0 aliphatic rings. The predicted molar refractivity (Wildman–Crippen MR) is 75.1 cm³/mol. The molecule has 0 aliphatic carbocycles. The Kier molecular flexibility index (Phi) is 6.00. The summed E-state index contributed by atoms with van der Waals surface area (Å²) in [5, 5.41) is 0.883. The molecule has 1 atom stereocenters. The van der Waals surface area contributed by atoms with Gasteiger partial charge in [-0.2, -0.15) is 0 Å². The number of aryl methyl sites for hydroxylation is 2. The number of alkyl halides is 1. The largest absolute Gasteiger partial charge is 0.490 e. The maximum Gasteiger partial charge on any atom is 0.125 e. The van der Waals surface area contributed by atoms with Gasteiger partial charge >= 0.3 is 0 Å². The van der Waals surface area contributed by atoms with Crippen molar-refractivity contribution in [1.82, 2.24) is 0 Å². The lowest BCUT2D eigenvalue weighted by Gasteiger charge is -2.18. The number of benzene rings is 1. The van der Waals surface area contributed by atoms with Crippen LogP contribution in [0.5, 0.6) is 5.75 Å². The molecule has 1 unspecified atom stereocenters. The zero-order chi connectivity index (χ0) is 12.8. The van der Waals surface area contributed by atoms with Crippen LogP contribution in [0.3, 0.4) is 0 Å². The SMILES string of the molecule is COCCC(C)Oc1c(C)cc(CBr)cc1C. The standard InChI is InChI=1S/C14H21BrO2/c1-10-7-13(9-15)8-11(2)14(10)17-12(3)5-6-16-4/h7-8,12H,5-6,9H2,1-4H3. The monoisotopic (exact) mass is 300 g/mol. The van der Waals surface area contributed by atoms with Crippen LogP contribution in [-0.2, 0) is 10.1 Å². The minimum atomic E-state index is 0.183. The Hall–Kier alpha value is -0.540. The first kappa shape index (κ1) is 14.5. The molecule has 96 valence electrons. The average Bonchev–Trinajstić information content (AvgIpc) is 2.30. The van der Waals surface area contributed by atoms with Crippen molar-refractivity contribution in [2.24, 2.45) is 0 Å². The van der Waals surface area contributed by atoms with E-state index < -0.39 is 0 Å². The zero-order valence-corrected chi connectivity index (χ0v) is 12.6. The van der Waals surface area contributed by atoms with Crippen molar-refractivity contribution in [2.75, 3.05) is 13.7 Å². The summed E-state index contributed by atoms with van der Waals surface area (Å²) >= 11 is 3.48. The lowest BCUT2D eigenvalue weighted by atomic mass is 10.1. The van der Waals surface area contributed by atoms with Crippen molar-refractivity contribution in [1.29, 1.82) is 0 Å². The first-order chi connectivity index (χ1) is 8.08. The van der Waals surface area contributed by atoms with Gasteiger partial charge in [-0.25, -0.2) is 0 Å². The van der Waals surface area contributed by atoms with Gasteiger partial charge in [0, 0.05) is 25.5 Å². The van der Waals surface area contributed by atoms with Gasteiger partial charge in [0.05, 0.1) is 6.10 Å². The molecule has 1 aromatic rings. The van der Waals surface area contributed by atoms with E-state index in [4.69, 9.17) is 9.47 Å². The highest BCUT2D eigenvalue weighted by Gasteiger charge is 2.10. The topological polar surface area (TPSA) is 18.5 Å². The molecule has 0 amide bonds. The molecule has 0 aromatic heterocycles. The van der Waals surface area contributed by atoms with Crippen molar-refractivity contribution in [3.63, 3.8) is 0 Å². The highest BCUT2D eigenvalue weighted by atomic mass is 79.9. The van der Waals surface area contributed by atoms with Crippen LogP contribution >= 0.6 is 15.9 Å². The molecule has 1 rings (SSSR count). The Morgan fingerprint density at radius 3 is 2.29 bits per heavy atom. The van der Waals surface area contributed by atoms with Crippen molar-refractivity contribution in [3.8, 4) is 5.75 Å². The van der Waals surface area contributed by atoms with Crippen molar-refractivity contribution in [3.05, 3.63) is 28.8 Å². The second-order valence-corrected chi connectivity index (χ2v) is 4.96. The van der Waals surface area contributed by atoms with Gasteiger partial charge in [-0.15, -0.1) is 0 Å². The fourth-order valence-electron chi connectivity index (χ4n) is 1.85. The van der Waals surface area contributed by atoms with E-state index in [-0.39, 0.29) is 6.10 Å². The summed E-state index contributed by atoms with van der Waals surface area (Å²) in [6.45, 7) is 7.00. The van der Waals surface area contributed by atoms with Gasteiger partial charge < -0.3 is 9.47 Å². The molecular weight excluding hydrogens is 280 g/mol. The molecule has 1 aromatic carbocycles. The van der Waals surface area contributed by atoms with Crippen LogP contribution < -0.4 is 4.74 Å². The zero-order valence-electron chi connectivity index (χ0n) is 11.0. The van der Waals surface area contributed by atoms with E-state index in [1.54, 1.807) is 7.11 Å². The lowest BCUT2D eigenvalue weighted by molar-refractivity contribution is 0.134. The average molecular weight is 301 g/mol. The third-order valence-electron chi connectivity index (χ3n) is 2.72. The maximum atomic E-state index is 5.98. The van der Waals surface area contributed by atoms with Gasteiger partial charge in [0.1, 0.15) is 5.75 Å². The molecule has 17 heavy (non-hydrogen) atoms. The molecule has 0 aliphatic heterocycles.